The minimum absolute atomic E-state index is 0.0194. The molecule has 0 radical (unpaired) electrons. The van der Waals surface area contributed by atoms with Gasteiger partial charge in [-0.05, 0) is 50.7 Å². The maximum absolute atomic E-state index is 13.3. The van der Waals surface area contributed by atoms with Gasteiger partial charge in [-0.2, -0.15) is 0 Å². The molecule has 0 spiro atoms. The molecule has 2 aromatic carbocycles. The van der Waals surface area contributed by atoms with E-state index in [2.05, 4.69) is 49.6 Å². The fourth-order valence-corrected chi connectivity index (χ4v) is 3.79. The second kappa shape index (κ2) is 7.92. The predicted molar refractivity (Wildman–Crippen MR) is 109 cm³/mol. The van der Waals surface area contributed by atoms with Crippen molar-refractivity contribution in [1.29, 1.82) is 0 Å². The number of hydrogen-bond donors (Lipinski definition) is 0. The fraction of sp³-hybridized carbons (Fsp3) is 0.409. The van der Waals surface area contributed by atoms with E-state index in [-0.39, 0.29) is 12.1 Å². The zero-order valence-corrected chi connectivity index (χ0v) is 16.3. The van der Waals surface area contributed by atoms with Crippen LogP contribution in [0.4, 0.5) is 11.4 Å². The molecule has 4 heteroatoms. The number of hydrogen-bond acceptors (Lipinski definition) is 3. The molecule has 1 heterocycles. The van der Waals surface area contributed by atoms with Crippen LogP contribution in [0.25, 0.3) is 0 Å². The van der Waals surface area contributed by atoms with Crippen LogP contribution < -0.4 is 9.80 Å². The lowest BCUT2D eigenvalue weighted by Crippen LogP contribution is -2.56. The molecule has 1 aliphatic heterocycles. The number of carbonyl (C=O) groups is 1. The molecule has 2 aromatic rings. The number of carbonyl (C=O) groups excluding carboxylic acids is 1. The predicted octanol–water partition coefficient (Wildman–Crippen LogP) is 4.15. The molecule has 0 saturated carbocycles. The van der Waals surface area contributed by atoms with Crippen molar-refractivity contribution in [1.82, 2.24) is 4.90 Å². The van der Waals surface area contributed by atoms with Gasteiger partial charge in [0.05, 0.1) is 11.3 Å². The summed E-state index contributed by atoms with van der Waals surface area (Å²) in [5, 5.41) is 0. The summed E-state index contributed by atoms with van der Waals surface area (Å²) < 4.78 is 0. The summed E-state index contributed by atoms with van der Waals surface area (Å²) in [5.74, 6) is 0.0847. The van der Waals surface area contributed by atoms with E-state index in [1.165, 1.54) is 0 Å². The first-order valence-electron chi connectivity index (χ1n) is 9.55. The number of likely N-dealkylation sites (N-methyl/N-ethyl adjacent to an activating group) is 1. The monoisotopic (exact) mass is 351 g/mol. The van der Waals surface area contributed by atoms with Crippen molar-refractivity contribution in [2.45, 2.75) is 33.9 Å². The number of rotatable bonds is 6. The van der Waals surface area contributed by atoms with Crippen LogP contribution in [-0.4, -0.2) is 43.2 Å². The van der Waals surface area contributed by atoms with Crippen LogP contribution in [0.5, 0.6) is 0 Å². The normalized spacial score (nSPS) is 17.0. The standard InChI is InChI=1S/C22H29N3O/c1-5-23(6-2)15-16-24-18(4)25(20-13-9-7-11-17(20)3)22(26)19-12-8-10-14-21(19)24/h7-14,18H,5-6,15-16H2,1-4H3. The van der Waals surface area contributed by atoms with E-state index in [0.717, 1.165) is 48.7 Å². The van der Waals surface area contributed by atoms with Gasteiger partial charge in [-0.25, -0.2) is 0 Å². The zero-order chi connectivity index (χ0) is 18.7. The van der Waals surface area contributed by atoms with E-state index in [9.17, 15) is 4.79 Å². The molecule has 1 aliphatic rings. The Balaban J connectivity index is 1.99. The van der Waals surface area contributed by atoms with Crippen LogP contribution in [0.2, 0.25) is 0 Å². The number of nitrogens with zero attached hydrogens (tertiary/aromatic N) is 3. The maximum atomic E-state index is 13.3. The third-order valence-electron chi connectivity index (χ3n) is 5.41. The fourth-order valence-electron chi connectivity index (χ4n) is 3.79. The summed E-state index contributed by atoms with van der Waals surface area (Å²) in [7, 11) is 0. The lowest BCUT2D eigenvalue weighted by atomic mass is 10.0. The topological polar surface area (TPSA) is 26.8 Å². The van der Waals surface area contributed by atoms with Gasteiger partial charge >= 0.3 is 0 Å². The summed E-state index contributed by atoms with van der Waals surface area (Å²) in [4.78, 5) is 20.0. The Morgan fingerprint density at radius 2 is 1.58 bits per heavy atom. The van der Waals surface area contributed by atoms with E-state index < -0.39 is 0 Å². The largest absolute Gasteiger partial charge is 0.349 e. The number of para-hydroxylation sites is 2. The molecule has 1 amide bonds. The molecule has 0 bridgehead atoms. The number of amides is 1. The summed E-state index contributed by atoms with van der Waals surface area (Å²) in [6.07, 6.45) is -0.0194. The van der Waals surface area contributed by atoms with Crippen molar-refractivity contribution < 1.29 is 4.79 Å². The molecule has 1 atom stereocenters. The highest BCUT2D eigenvalue weighted by atomic mass is 16.2. The van der Waals surface area contributed by atoms with Crippen molar-refractivity contribution in [2.24, 2.45) is 0 Å². The maximum Gasteiger partial charge on any atom is 0.262 e. The highest BCUT2D eigenvalue weighted by Gasteiger charge is 2.36. The summed E-state index contributed by atoms with van der Waals surface area (Å²) >= 11 is 0. The summed E-state index contributed by atoms with van der Waals surface area (Å²) in [6.45, 7) is 12.6. The Morgan fingerprint density at radius 3 is 2.23 bits per heavy atom. The van der Waals surface area contributed by atoms with Gasteiger partial charge in [-0.1, -0.05) is 44.2 Å². The van der Waals surface area contributed by atoms with Gasteiger partial charge < -0.3 is 9.80 Å². The highest BCUT2D eigenvalue weighted by molar-refractivity contribution is 6.12. The lowest BCUT2D eigenvalue weighted by molar-refractivity contribution is 0.0970. The van der Waals surface area contributed by atoms with E-state index in [4.69, 9.17) is 0 Å². The first kappa shape index (κ1) is 18.5. The number of fused-ring (bicyclic) bond motifs is 1. The molecule has 0 aromatic heterocycles. The molecular weight excluding hydrogens is 322 g/mol. The van der Waals surface area contributed by atoms with Gasteiger partial charge in [0.25, 0.3) is 5.91 Å². The van der Waals surface area contributed by atoms with Gasteiger partial charge in [0.2, 0.25) is 0 Å². The molecule has 138 valence electrons. The Bertz CT molecular complexity index is 769. The van der Waals surface area contributed by atoms with Crippen LogP contribution >= 0.6 is 0 Å². The molecule has 0 aliphatic carbocycles. The third kappa shape index (κ3) is 3.34. The van der Waals surface area contributed by atoms with Gasteiger partial charge in [0, 0.05) is 18.8 Å². The second-order valence-corrected chi connectivity index (χ2v) is 6.83. The van der Waals surface area contributed by atoms with Crippen molar-refractivity contribution in [3.05, 3.63) is 59.7 Å². The van der Waals surface area contributed by atoms with Gasteiger partial charge in [0.15, 0.2) is 0 Å². The van der Waals surface area contributed by atoms with Crippen molar-refractivity contribution in [3.8, 4) is 0 Å². The molecule has 0 saturated heterocycles. The lowest BCUT2D eigenvalue weighted by Gasteiger charge is -2.45. The minimum Gasteiger partial charge on any atom is -0.349 e. The van der Waals surface area contributed by atoms with Gasteiger partial charge in [-0.3, -0.25) is 9.69 Å². The summed E-state index contributed by atoms with van der Waals surface area (Å²) in [5.41, 5.74) is 3.94. The SMILES string of the molecule is CCN(CC)CCN1c2ccccc2C(=O)N(c2ccccc2C)C1C. The molecule has 4 nitrogen and oxygen atoms in total. The van der Waals surface area contributed by atoms with Crippen LogP contribution in [0.1, 0.15) is 36.7 Å². The molecule has 0 fully saturated rings. The van der Waals surface area contributed by atoms with Crippen LogP contribution in [0, 0.1) is 6.92 Å². The molecular formula is C22H29N3O. The Morgan fingerprint density at radius 1 is 0.962 bits per heavy atom. The Labute approximate surface area is 157 Å². The molecule has 0 N–H and O–H groups in total. The molecule has 3 rings (SSSR count). The number of anilines is 2. The van der Waals surface area contributed by atoms with E-state index in [1.54, 1.807) is 0 Å². The van der Waals surface area contributed by atoms with Crippen molar-refractivity contribution in [3.63, 3.8) is 0 Å². The minimum atomic E-state index is -0.0194. The molecule has 26 heavy (non-hydrogen) atoms. The van der Waals surface area contributed by atoms with E-state index in [1.807, 2.05) is 41.3 Å². The number of aryl methyl sites for hydroxylation is 1. The van der Waals surface area contributed by atoms with E-state index >= 15 is 0 Å². The van der Waals surface area contributed by atoms with Crippen LogP contribution in [-0.2, 0) is 0 Å². The zero-order valence-electron chi connectivity index (χ0n) is 16.3. The number of benzene rings is 2. The quantitative estimate of drug-likeness (QED) is 0.782. The Kier molecular flexibility index (Phi) is 5.62. The average molecular weight is 351 g/mol. The summed E-state index contributed by atoms with van der Waals surface area (Å²) in [6, 6.07) is 16.1. The highest BCUT2D eigenvalue weighted by Crippen LogP contribution is 2.35. The second-order valence-electron chi connectivity index (χ2n) is 6.83. The van der Waals surface area contributed by atoms with Gasteiger partial charge in [0.1, 0.15) is 6.17 Å². The average Bonchev–Trinajstić information content (AvgIpc) is 2.66. The Hall–Kier alpha value is -2.33. The van der Waals surface area contributed by atoms with E-state index in [0.29, 0.717) is 0 Å². The van der Waals surface area contributed by atoms with Crippen LogP contribution in [0.15, 0.2) is 48.5 Å². The van der Waals surface area contributed by atoms with Gasteiger partial charge in [-0.15, -0.1) is 0 Å². The first-order valence-corrected chi connectivity index (χ1v) is 9.55. The third-order valence-corrected chi connectivity index (χ3v) is 5.41. The first-order chi connectivity index (χ1) is 12.6. The van der Waals surface area contributed by atoms with Crippen LogP contribution in [0.3, 0.4) is 0 Å². The molecule has 1 unspecified atom stereocenters. The van der Waals surface area contributed by atoms with Crippen molar-refractivity contribution in [2.75, 3.05) is 36.0 Å². The smallest absolute Gasteiger partial charge is 0.262 e. The van der Waals surface area contributed by atoms with Crippen molar-refractivity contribution >= 4 is 17.3 Å².